The van der Waals surface area contributed by atoms with Crippen molar-refractivity contribution in [1.29, 1.82) is 0 Å². The van der Waals surface area contributed by atoms with Crippen LogP contribution in [0.15, 0.2) is 72.9 Å². The van der Waals surface area contributed by atoms with E-state index in [9.17, 15) is 9.18 Å². The lowest BCUT2D eigenvalue weighted by atomic mass is 9.91. The summed E-state index contributed by atoms with van der Waals surface area (Å²) in [5.41, 5.74) is 4.52. The number of nitrogens with one attached hydrogen (secondary N) is 1. The van der Waals surface area contributed by atoms with Crippen LogP contribution >= 0.6 is 0 Å². The van der Waals surface area contributed by atoms with Crippen molar-refractivity contribution in [3.63, 3.8) is 0 Å². The molecule has 0 bridgehead atoms. The van der Waals surface area contributed by atoms with Gasteiger partial charge in [0, 0.05) is 47.0 Å². The average Bonchev–Trinajstić information content (AvgIpc) is 3.17. The number of aryl methyl sites for hydroxylation is 1. The summed E-state index contributed by atoms with van der Waals surface area (Å²) in [6, 6.07) is 20.1. The zero-order chi connectivity index (χ0) is 20.5. The van der Waals surface area contributed by atoms with Crippen molar-refractivity contribution in [2.75, 3.05) is 6.54 Å². The fourth-order valence-corrected chi connectivity index (χ4v) is 4.45. The monoisotopic (exact) mass is 399 g/mol. The lowest BCUT2D eigenvalue weighted by Crippen LogP contribution is -2.41. The van der Waals surface area contributed by atoms with Gasteiger partial charge in [0.1, 0.15) is 11.9 Å². The first kappa shape index (κ1) is 18.6. The number of halogens is 1. The quantitative estimate of drug-likeness (QED) is 0.535. The second-order valence-electron chi connectivity index (χ2n) is 7.65. The van der Waals surface area contributed by atoms with Gasteiger partial charge in [-0.05, 0) is 42.7 Å². The van der Waals surface area contributed by atoms with E-state index in [4.69, 9.17) is 0 Å². The minimum atomic E-state index is -0.460. The first-order valence-corrected chi connectivity index (χ1v) is 10.3. The minimum absolute atomic E-state index is 0.0122. The normalized spacial score (nSPS) is 15.9. The van der Waals surface area contributed by atoms with Crippen LogP contribution < -0.4 is 0 Å². The lowest BCUT2D eigenvalue weighted by Gasteiger charge is -2.36. The molecule has 5 rings (SSSR count). The first-order chi connectivity index (χ1) is 14.7. The van der Waals surface area contributed by atoms with E-state index in [0.29, 0.717) is 24.9 Å². The molecule has 5 heteroatoms. The van der Waals surface area contributed by atoms with Gasteiger partial charge >= 0.3 is 0 Å². The number of amides is 1. The van der Waals surface area contributed by atoms with Gasteiger partial charge in [-0.15, -0.1) is 0 Å². The second-order valence-corrected chi connectivity index (χ2v) is 7.65. The van der Waals surface area contributed by atoms with Crippen molar-refractivity contribution >= 4 is 16.8 Å². The van der Waals surface area contributed by atoms with Crippen LogP contribution in [0.4, 0.5) is 4.39 Å². The summed E-state index contributed by atoms with van der Waals surface area (Å²) in [4.78, 5) is 22.9. The number of aromatic nitrogens is 2. The number of fused-ring (bicyclic) bond motifs is 3. The molecule has 4 aromatic rings. The number of nitrogens with zero attached hydrogens (tertiary/aromatic N) is 2. The number of carbonyl (C=O) groups excluding carboxylic acids is 1. The number of rotatable bonds is 4. The third-order valence-corrected chi connectivity index (χ3v) is 5.88. The summed E-state index contributed by atoms with van der Waals surface area (Å²) in [7, 11) is 0. The van der Waals surface area contributed by atoms with Crippen molar-refractivity contribution in [1.82, 2.24) is 14.9 Å². The summed E-state index contributed by atoms with van der Waals surface area (Å²) in [5, 5.41) is 1.15. The Hall–Kier alpha value is -3.47. The molecule has 1 N–H and O–H groups in total. The van der Waals surface area contributed by atoms with E-state index in [1.807, 2.05) is 47.4 Å². The molecule has 2 aromatic carbocycles. The Morgan fingerprint density at radius 2 is 1.87 bits per heavy atom. The Morgan fingerprint density at radius 3 is 2.70 bits per heavy atom. The molecule has 0 radical (unpaired) electrons. The molecule has 0 saturated carbocycles. The summed E-state index contributed by atoms with van der Waals surface area (Å²) in [5.74, 6) is -0.283. The van der Waals surface area contributed by atoms with E-state index >= 15 is 0 Å². The SMILES string of the molecule is O=C(CCc1ccccn1)N1CCc2c([nH]c3ccccc23)[C@@H]1c1ccccc1F. The summed E-state index contributed by atoms with van der Waals surface area (Å²) < 4.78 is 14.8. The topological polar surface area (TPSA) is 49.0 Å². The second kappa shape index (κ2) is 7.75. The summed E-state index contributed by atoms with van der Waals surface area (Å²) in [6.07, 6.45) is 3.40. The van der Waals surface area contributed by atoms with Gasteiger partial charge in [-0.25, -0.2) is 4.39 Å². The molecule has 1 aliphatic heterocycles. The number of H-pyrrole nitrogens is 1. The largest absolute Gasteiger partial charge is 0.356 e. The van der Waals surface area contributed by atoms with Crippen LogP contribution in [0.5, 0.6) is 0 Å². The van der Waals surface area contributed by atoms with Gasteiger partial charge in [-0.1, -0.05) is 42.5 Å². The zero-order valence-corrected chi connectivity index (χ0v) is 16.5. The maximum Gasteiger partial charge on any atom is 0.223 e. The molecule has 0 unspecified atom stereocenters. The predicted octanol–water partition coefficient (Wildman–Crippen LogP) is 4.81. The predicted molar refractivity (Wildman–Crippen MR) is 115 cm³/mol. The van der Waals surface area contributed by atoms with Crippen LogP contribution in [0.3, 0.4) is 0 Å². The summed E-state index contributed by atoms with van der Waals surface area (Å²) >= 11 is 0. The van der Waals surface area contributed by atoms with E-state index in [2.05, 4.69) is 16.0 Å². The zero-order valence-electron chi connectivity index (χ0n) is 16.5. The number of aromatic amines is 1. The molecule has 3 heterocycles. The van der Waals surface area contributed by atoms with Gasteiger partial charge < -0.3 is 9.88 Å². The minimum Gasteiger partial charge on any atom is -0.356 e. The number of benzene rings is 2. The van der Waals surface area contributed by atoms with Crippen molar-refractivity contribution in [2.24, 2.45) is 0 Å². The molecular weight excluding hydrogens is 377 g/mol. The van der Waals surface area contributed by atoms with Gasteiger partial charge in [-0.3, -0.25) is 9.78 Å². The summed E-state index contributed by atoms with van der Waals surface area (Å²) in [6.45, 7) is 0.564. The van der Waals surface area contributed by atoms with Gasteiger partial charge in [0.2, 0.25) is 5.91 Å². The molecule has 1 amide bonds. The maximum atomic E-state index is 14.8. The van der Waals surface area contributed by atoms with E-state index in [1.54, 1.807) is 18.3 Å². The fourth-order valence-electron chi connectivity index (χ4n) is 4.45. The Kier molecular flexibility index (Phi) is 4.79. The smallest absolute Gasteiger partial charge is 0.223 e. The van der Waals surface area contributed by atoms with E-state index < -0.39 is 6.04 Å². The third kappa shape index (κ3) is 3.26. The van der Waals surface area contributed by atoms with E-state index in [1.165, 1.54) is 11.6 Å². The van der Waals surface area contributed by atoms with Gasteiger partial charge in [0.05, 0.1) is 0 Å². The number of para-hydroxylation sites is 1. The van der Waals surface area contributed by atoms with Crippen molar-refractivity contribution < 1.29 is 9.18 Å². The molecule has 1 atom stereocenters. The van der Waals surface area contributed by atoms with Gasteiger partial charge in [0.15, 0.2) is 0 Å². The number of carbonyl (C=O) groups is 1. The highest BCUT2D eigenvalue weighted by Gasteiger charge is 2.35. The molecule has 0 spiro atoms. The lowest BCUT2D eigenvalue weighted by molar-refractivity contribution is -0.133. The fraction of sp³-hybridized carbons (Fsp3) is 0.200. The highest BCUT2D eigenvalue weighted by Crippen LogP contribution is 2.39. The van der Waals surface area contributed by atoms with Gasteiger partial charge in [-0.2, -0.15) is 0 Å². The van der Waals surface area contributed by atoms with Gasteiger partial charge in [0.25, 0.3) is 0 Å². The molecule has 0 fully saturated rings. The molecule has 0 saturated heterocycles. The maximum absolute atomic E-state index is 14.8. The molecule has 2 aromatic heterocycles. The van der Waals surface area contributed by atoms with Crippen LogP contribution in [-0.2, 0) is 17.6 Å². The Balaban J connectivity index is 1.53. The Morgan fingerprint density at radius 1 is 1.07 bits per heavy atom. The van der Waals surface area contributed by atoms with Crippen molar-refractivity contribution in [3.8, 4) is 0 Å². The molecule has 0 aliphatic carbocycles. The van der Waals surface area contributed by atoms with Crippen LogP contribution in [0.1, 0.15) is 35.0 Å². The molecule has 1 aliphatic rings. The van der Waals surface area contributed by atoms with Crippen LogP contribution in [0.25, 0.3) is 10.9 Å². The number of hydrogen-bond acceptors (Lipinski definition) is 2. The number of hydrogen-bond donors (Lipinski definition) is 1. The van der Waals surface area contributed by atoms with Crippen molar-refractivity contribution in [2.45, 2.75) is 25.3 Å². The van der Waals surface area contributed by atoms with E-state index in [0.717, 1.165) is 28.7 Å². The third-order valence-electron chi connectivity index (χ3n) is 5.88. The first-order valence-electron chi connectivity index (χ1n) is 10.3. The van der Waals surface area contributed by atoms with Crippen LogP contribution in [-0.4, -0.2) is 27.3 Å². The molecule has 150 valence electrons. The Labute approximate surface area is 174 Å². The van der Waals surface area contributed by atoms with Crippen molar-refractivity contribution in [3.05, 3.63) is 101 Å². The van der Waals surface area contributed by atoms with Crippen LogP contribution in [0, 0.1) is 5.82 Å². The Bertz CT molecular complexity index is 1200. The molecule has 4 nitrogen and oxygen atoms in total. The highest BCUT2D eigenvalue weighted by molar-refractivity contribution is 5.86. The highest BCUT2D eigenvalue weighted by atomic mass is 19.1. The molecular formula is C25H22FN3O. The number of pyridine rings is 1. The van der Waals surface area contributed by atoms with E-state index in [-0.39, 0.29) is 11.7 Å². The standard InChI is InChI=1S/C25H22FN3O/c26-21-10-3-1-9-20(21)25-24-19(18-8-2-4-11-22(18)28-24)14-16-29(25)23(30)13-12-17-7-5-6-15-27-17/h1-11,15,25,28H,12-14,16H2/t25-/m0/s1. The van der Waals surface area contributed by atoms with Crippen LogP contribution in [0.2, 0.25) is 0 Å². The molecule has 30 heavy (non-hydrogen) atoms. The average molecular weight is 399 g/mol.